The molecule has 338 valence electrons. The molecule has 0 amide bonds. The molecule has 0 spiro atoms. The van der Waals surface area contributed by atoms with Gasteiger partial charge in [0.1, 0.15) is 34.6 Å². The average Bonchev–Trinajstić information content (AvgIpc) is 3.28. The van der Waals surface area contributed by atoms with Gasteiger partial charge in [-0.2, -0.15) is 4.31 Å². The van der Waals surface area contributed by atoms with Gasteiger partial charge in [-0.05, 0) is 90.5 Å². The number of rotatable bonds is 17. The maximum atomic E-state index is 13.7. The highest BCUT2D eigenvalue weighted by Crippen LogP contribution is 2.37. The number of hydrogen-bond donors (Lipinski definition) is 0. The second kappa shape index (κ2) is 20.7. The Morgan fingerprint density at radius 2 is 1.48 bits per heavy atom. The van der Waals surface area contributed by atoms with E-state index in [9.17, 15) is 18.0 Å². The molecule has 4 saturated heterocycles. The molecule has 4 aliphatic rings. The van der Waals surface area contributed by atoms with Crippen LogP contribution in [0.5, 0.6) is 17.2 Å². The number of aromatic amines is 1. The van der Waals surface area contributed by atoms with E-state index in [4.69, 9.17) is 46.9 Å². The maximum absolute atomic E-state index is 13.7. The van der Waals surface area contributed by atoms with Crippen molar-refractivity contribution in [1.29, 1.82) is 0 Å². The normalized spacial score (nSPS) is 19.3. The Hall–Kier alpha value is -5.22. The van der Waals surface area contributed by atoms with Crippen molar-refractivity contribution in [3.05, 3.63) is 147 Å². The predicted octanol–water partition coefficient (Wildman–Crippen LogP) is 7.53. The van der Waals surface area contributed by atoms with Crippen LogP contribution >= 0.6 is 23.2 Å². The molecular weight excluding hydrogens is 882 g/mol. The number of fused-ring (bicyclic) bond motifs is 3. The van der Waals surface area contributed by atoms with Crippen molar-refractivity contribution < 1.29 is 52.2 Å². The van der Waals surface area contributed by atoms with Gasteiger partial charge in [-0.25, -0.2) is 13.4 Å². The van der Waals surface area contributed by atoms with Crippen LogP contribution in [-0.2, 0) is 42.1 Å². The first-order valence-electron chi connectivity index (χ1n) is 21.0. The third kappa shape index (κ3) is 10.7. The standard InChI is InChI=1S/C48H49Cl2N3O9S.H2O/c1-58-43-16-13-35(22-45(43)59-2)44(23-40-41(49)25-51-26-42(40)50)62-48(55)36-27-53(28-36)63(56,57)38-14-11-31(12-15-38)30-60-37-10-6-9-34(21-37)39(32-7-4-3-5-8-32)24-47(54)61-46-29-52-19-17-33(46)18-20-52;/h3-16,21-22,25-26,33,36,39,44,46H,17-20,23-24,27-30H2,1-2H3;1H2/t39-,44-,46-;/m0./s1. The number of aromatic nitrogens is 1. The minimum atomic E-state index is -3.90. The van der Waals surface area contributed by atoms with Gasteiger partial charge >= 0.3 is 11.9 Å². The van der Waals surface area contributed by atoms with E-state index in [2.05, 4.69) is 9.88 Å². The van der Waals surface area contributed by atoms with E-state index in [0.29, 0.717) is 44.3 Å². The van der Waals surface area contributed by atoms with E-state index >= 15 is 0 Å². The molecule has 3 atom stereocenters. The van der Waals surface area contributed by atoms with Crippen LogP contribution in [0.2, 0.25) is 10.0 Å². The topological polar surface area (TPSA) is 165 Å². The lowest BCUT2D eigenvalue weighted by atomic mass is 9.85. The van der Waals surface area contributed by atoms with Gasteiger partial charge in [-0.1, -0.05) is 83.9 Å². The predicted molar refractivity (Wildman–Crippen MR) is 238 cm³/mol. The SMILES string of the molecule is COc1ccc([C@H](Cc2c(Cl)c[nH+]cc2Cl)OC(=O)C2CN(S(=O)(=O)c3ccc(COc4cccc([C@@H](CC(=O)O[C@H]5CN6CCC5CC6)c5ccccc5)c4)cc3)C2)cc1OC.[OH-]. The summed E-state index contributed by atoms with van der Waals surface area (Å²) in [5.74, 6) is 0.353. The zero-order valence-corrected chi connectivity index (χ0v) is 37.9. The van der Waals surface area contributed by atoms with Crippen LogP contribution in [0.1, 0.15) is 59.1 Å². The van der Waals surface area contributed by atoms with E-state index in [-0.39, 0.29) is 60.9 Å². The number of nitrogens with zero attached hydrogens (tertiary/aromatic N) is 2. The molecule has 2 N–H and O–H groups in total. The summed E-state index contributed by atoms with van der Waals surface area (Å²) < 4.78 is 57.8. The molecular formula is C48H51Cl2N3O10S. The van der Waals surface area contributed by atoms with Crippen molar-refractivity contribution in [2.75, 3.05) is 46.9 Å². The van der Waals surface area contributed by atoms with Crippen LogP contribution in [0.4, 0.5) is 0 Å². The van der Waals surface area contributed by atoms with Gasteiger partial charge in [0.05, 0.1) is 31.5 Å². The fraction of sp³-hybridized carbons (Fsp3) is 0.354. The third-order valence-electron chi connectivity index (χ3n) is 12.3. The molecule has 5 heterocycles. The molecule has 1 aromatic heterocycles. The lowest BCUT2D eigenvalue weighted by molar-refractivity contribution is -0.377. The number of methoxy groups -OCH3 is 2. The summed E-state index contributed by atoms with van der Waals surface area (Å²) in [7, 11) is -0.859. The van der Waals surface area contributed by atoms with Crippen molar-refractivity contribution >= 4 is 45.2 Å². The Bertz CT molecular complexity index is 2500. The van der Waals surface area contributed by atoms with Crippen LogP contribution in [0.25, 0.3) is 0 Å². The molecule has 2 bridgehead atoms. The van der Waals surface area contributed by atoms with Gasteiger partial charge in [0.25, 0.3) is 0 Å². The van der Waals surface area contributed by atoms with E-state index in [1.54, 1.807) is 54.9 Å². The number of nitrogens with one attached hydrogen (secondary N) is 1. The highest BCUT2D eigenvalue weighted by Gasteiger charge is 2.42. The summed E-state index contributed by atoms with van der Waals surface area (Å²) in [6, 6.07) is 29.4. The molecule has 5 aromatic rings. The fourth-order valence-electron chi connectivity index (χ4n) is 8.59. The number of benzene rings is 4. The molecule has 0 saturated carbocycles. The third-order valence-corrected chi connectivity index (χ3v) is 14.8. The van der Waals surface area contributed by atoms with Crippen molar-refractivity contribution in [3.63, 3.8) is 0 Å². The van der Waals surface area contributed by atoms with Gasteiger partial charge in [0.2, 0.25) is 10.0 Å². The number of sulfonamides is 1. The molecule has 16 heteroatoms. The second-order valence-corrected chi connectivity index (χ2v) is 19.0. The van der Waals surface area contributed by atoms with Gasteiger partial charge in [0, 0.05) is 37.5 Å². The maximum Gasteiger partial charge on any atom is 0.312 e. The van der Waals surface area contributed by atoms with Crippen molar-refractivity contribution in [1.82, 2.24) is 9.21 Å². The van der Waals surface area contributed by atoms with Crippen LogP contribution in [0.3, 0.4) is 0 Å². The molecule has 4 fully saturated rings. The second-order valence-electron chi connectivity index (χ2n) is 16.2. The molecule has 0 aliphatic carbocycles. The average molecular weight is 933 g/mol. The van der Waals surface area contributed by atoms with E-state index < -0.39 is 28.0 Å². The molecule has 4 aliphatic heterocycles. The molecule has 13 nitrogen and oxygen atoms in total. The monoisotopic (exact) mass is 931 g/mol. The Balaban J connectivity index is 0.00000612. The minimum Gasteiger partial charge on any atom is -0.870 e. The van der Waals surface area contributed by atoms with Gasteiger partial charge in [-0.15, -0.1) is 0 Å². The van der Waals surface area contributed by atoms with Crippen molar-refractivity contribution in [2.24, 2.45) is 11.8 Å². The first kappa shape index (κ1) is 46.8. The lowest BCUT2D eigenvalue weighted by Gasteiger charge is -2.44. The summed E-state index contributed by atoms with van der Waals surface area (Å²) in [5.41, 5.74) is 3.91. The first-order chi connectivity index (χ1) is 30.5. The summed E-state index contributed by atoms with van der Waals surface area (Å²) in [4.78, 5) is 32.3. The number of H-pyrrole nitrogens is 1. The molecule has 0 unspecified atom stereocenters. The number of ether oxygens (including phenoxy) is 5. The minimum absolute atomic E-state index is 0. The summed E-state index contributed by atoms with van der Waals surface area (Å²) in [6.45, 7) is 3.08. The lowest BCUT2D eigenvalue weighted by Crippen LogP contribution is -2.53. The van der Waals surface area contributed by atoms with Crippen molar-refractivity contribution in [3.8, 4) is 17.2 Å². The fourth-order valence-corrected chi connectivity index (χ4v) is 10.7. The number of carbonyl (C=O) groups excluding carboxylic acids is 2. The number of hydrogen-bond acceptors (Lipinski definition) is 11. The number of esters is 2. The summed E-state index contributed by atoms with van der Waals surface area (Å²) in [5, 5.41) is 0.748. The first-order valence-corrected chi connectivity index (χ1v) is 23.2. The largest absolute Gasteiger partial charge is 0.870 e. The molecule has 9 rings (SSSR count). The number of pyridine rings is 1. The summed E-state index contributed by atoms with van der Waals surface area (Å²) >= 11 is 12.9. The van der Waals surface area contributed by atoms with Crippen LogP contribution in [0, 0.1) is 11.8 Å². The number of carbonyl (C=O) groups is 2. The number of halogens is 2. The smallest absolute Gasteiger partial charge is 0.312 e. The zero-order chi connectivity index (χ0) is 44.1. The van der Waals surface area contributed by atoms with Crippen molar-refractivity contribution in [2.45, 2.75) is 55.3 Å². The zero-order valence-electron chi connectivity index (χ0n) is 35.5. The van der Waals surface area contributed by atoms with Gasteiger partial charge in [-0.3, -0.25) is 14.5 Å². The Morgan fingerprint density at radius 1 is 0.797 bits per heavy atom. The highest BCUT2D eigenvalue weighted by atomic mass is 35.5. The Morgan fingerprint density at radius 3 is 2.14 bits per heavy atom. The van der Waals surface area contributed by atoms with E-state index in [1.165, 1.54) is 18.5 Å². The summed E-state index contributed by atoms with van der Waals surface area (Å²) in [6.07, 6.45) is 4.83. The van der Waals surface area contributed by atoms with Crippen LogP contribution in [0.15, 0.2) is 114 Å². The Kier molecular flexibility index (Phi) is 15.2. The van der Waals surface area contributed by atoms with E-state index in [0.717, 1.165) is 49.2 Å². The Labute approximate surface area is 383 Å². The molecule has 4 aromatic carbocycles. The van der Waals surface area contributed by atoms with Gasteiger partial charge in [0.15, 0.2) is 23.9 Å². The quantitative estimate of drug-likeness (QED) is 0.0847. The molecule has 0 radical (unpaired) electrons. The highest BCUT2D eigenvalue weighted by molar-refractivity contribution is 7.89. The van der Waals surface area contributed by atoms with E-state index in [1.807, 2.05) is 54.6 Å². The molecule has 64 heavy (non-hydrogen) atoms. The number of piperidine rings is 3. The van der Waals surface area contributed by atoms with Crippen LogP contribution in [-0.4, -0.2) is 88.1 Å². The van der Waals surface area contributed by atoms with Crippen LogP contribution < -0.4 is 19.2 Å². The van der Waals surface area contributed by atoms with Gasteiger partial charge < -0.3 is 29.2 Å².